The van der Waals surface area contributed by atoms with Gasteiger partial charge in [-0.05, 0) is 19.1 Å². The third-order valence-corrected chi connectivity index (χ3v) is 6.08. The van der Waals surface area contributed by atoms with Crippen LogP contribution in [0, 0.1) is 0 Å². The summed E-state index contributed by atoms with van der Waals surface area (Å²) >= 11 is 2.51. The highest BCUT2D eigenvalue weighted by Gasteiger charge is 2.20. The largest absolute Gasteiger partial charge is 0.465 e. The van der Waals surface area contributed by atoms with E-state index in [0.29, 0.717) is 22.6 Å². The number of amides is 1. The first-order valence-electron chi connectivity index (χ1n) is 9.08. The Labute approximate surface area is 172 Å². The molecule has 1 N–H and O–H groups in total. The fourth-order valence-corrected chi connectivity index (χ4v) is 4.37. The molecule has 150 valence electrons. The molecule has 2 heterocycles. The van der Waals surface area contributed by atoms with Gasteiger partial charge in [0.05, 0.1) is 18.9 Å². The molecule has 0 bridgehead atoms. The molecule has 28 heavy (non-hydrogen) atoms. The highest BCUT2D eigenvalue weighted by molar-refractivity contribution is 8.01. The lowest BCUT2D eigenvalue weighted by Gasteiger charge is -2.35. The SMILES string of the molecule is CCOC(=O)CSc1nnc(NC(=O)CN2CCN(c3ccccc3)CC2)s1. The minimum atomic E-state index is -0.289. The van der Waals surface area contributed by atoms with Crippen LogP contribution in [0.2, 0.25) is 0 Å². The molecule has 1 saturated heterocycles. The van der Waals surface area contributed by atoms with Crippen LogP contribution in [0.15, 0.2) is 34.7 Å². The molecule has 0 aliphatic carbocycles. The molecule has 0 spiro atoms. The summed E-state index contributed by atoms with van der Waals surface area (Å²) in [5, 5.41) is 11.2. The predicted molar refractivity (Wildman–Crippen MR) is 111 cm³/mol. The Morgan fingerprint density at radius 2 is 1.93 bits per heavy atom. The lowest BCUT2D eigenvalue weighted by molar-refractivity contribution is -0.139. The Morgan fingerprint density at radius 3 is 2.64 bits per heavy atom. The summed E-state index contributed by atoms with van der Waals surface area (Å²) in [4.78, 5) is 28.1. The molecule has 10 heteroatoms. The van der Waals surface area contributed by atoms with Gasteiger partial charge in [-0.25, -0.2) is 0 Å². The zero-order valence-electron chi connectivity index (χ0n) is 15.7. The molecule has 1 amide bonds. The second-order valence-corrected chi connectivity index (χ2v) is 8.31. The van der Waals surface area contributed by atoms with Gasteiger partial charge in [0.25, 0.3) is 0 Å². The van der Waals surface area contributed by atoms with Gasteiger partial charge in [-0.3, -0.25) is 19.8 Å². The van der Waals surface area contributed by atoms with Crippen molar-refractivity contribution in [1.29, 1.82) is 0 Å². The van der Waals surface area contributed by atoms with Crippen LogP contribution < -0.4 is 10.2 Å². The van der Waals surface area contributed by atoms with Gasteiger partial charge in [0.15, 0.2) is 4.34 Å². The number of ether oxygens (including phenoxy) is 1. The number of aromatic nitrogens is 2. The van der Waals surface area contributed by atoms with Crippen LogP contribution in [0.3, 0.4) is 0 Å². The molecular weight excluding hydrogens is 398 g/mol. The molecule has 1 fully saturated rings. The van der Waals surface area contributed by atoms with Crippen LogP contribution in [-0.2, 0) is 14.3 Å². The quantitative estimate of drug-likeness (QED) is 0.393. The van der Waals surface area contributed by atoms with Gasteiger partial charge in [0, 0.05) is 31.9 Å². The van der Waals surface area contributed by atoms with Gasteiger partial charge in [-0.2, -0.15) is 0 Å². The van der Waals surface area contributed by atoms with E-state index in [-0.39, 0.29) is 17.6 Å². The molecule has 1 aliphatic heterocycles. The van der Waals surface area contributed by atoms with Crippen molar-refractivity contribution in [2.24, 2.45) is 0 Å². The van der Waals surface area contributed by atoms with E-state index in [9.17, 15) is 9.59 Å². The summed E-state index contributed by atoms with van der Waals surface area (Å²) in [7, 11) is 0. The Bertz CT molecular complexity index is 779. The first kappa shape index (κ1) is 20.6. The smallest absolute Gasteiger partial charge is 0.316 e. The van der Waals surface area contributed by atoms with E-state index in [1.807, 2.05) is 18.2 Å². The number of carbonyl (C=O) groups is 2. The van der Waals surface area contributed by atoms with E-state index in [1.165, 1.54) is 28.8 Å². The average molecular weight is 422 g/mol. The van der Waals surface area contributed by atoms with Crippen LogP contribution in [0.1, 0.15) is 6.92 Å². The zero-order chi connectivity index (χ0) is 19.8. The van der Waals surface area contributed by atoms with Gasteiger partial charge in [0.1, 0.15) is 0 Å². The number of para-hydroxylation sites is 1. The van der Waals surface area contributed by atoms with Crippen molar-refractivity contribution < 1.29 is 14.3 Å². The topological polar surface area (TPSA) is 87.7 Å². The second kappa shape index (κ2) is 10.4. The van der Waals surface area contributed by atoms with Crippen molar-refractivity contribution in [2.75, 3.05) is 55.3 Å². The monoisotopic (exact) mass is 421 g/mol. The molecule has 0 radical (unpaired) electrons. The van der Waals surface area contributed by atoms with Gasteiger partial charge >= 0.3 is 5.97 Å². The van der Waals surface area contributed by atoms with E-state index in [1.54, 1.807) is 6.92 Å². The number of carbonyl (C=O) groups excluding carboxylic acids is 2. The second-order valence-electron chi connectivity index (χ2n) is 6.11. The first-order valence-corrected chi connectivity index (χ1v) is 10.9. The molecule has 0 saturated carbocycles. The van der Waals surface area contributed by atoms with E-state index >= 15 is 0 Å². The molecule has 2 aromatic rings. The maximum atomic E-state index is 12.3. The highest BCUT2D eigenvalue weighted by Crippen LogP contribution is 2.25. The number of piperazine rings is 1. The van der Waals surface area contributed by atoms with Gasteiger partial charge in [-0.1, -0.05) is 41.3 Å². The minimum absolute atomic E-state index is 0.105. The number of nitrogens with one attached hydrogen (secondary N) is 1. The van der Waals surface area contributed by atoms with Crippen LogP contribution in [0.5, 0.6) is 0 Å². The minimum Gasteiger partial charge on any atom is -0.465 e. The molecule has 0 unspecified atom stereocenters. The third-order valence-electron chi connectivity index (χ3n) is 4.13. The Hall–Kier alpha value is -2.17. The van der Waals surface area contributed by atoms with Crippen LogP contribution >= 0.6 is 23.1 Å². The third kappa shape index (κ3) is 6.18. The van der Waals surface area contributed by atoms with E-state index < -0.39 is 0 Å². The van der Waals surface area contributed by atoms with Crippen molar-refractivity contribution in [3.63, 3.8) is 0 Å². The summed E-state index contributed by atoms with van der Waals surface area (Å²) < 4.78 is 5.50. The number of benzene rings is 1. The molecule has 1 aliphatic rings. The zero-order valence-corrected chi connectivity index (χ0v) is 17.3. The molecule has 8 nitrogen and oxygen atoms in total. The highest BCUT2D eigenvalue weighted by atomic mass is 32.2. The number of esters is 1. The van der Waals surface area contributed by atoms with Crippen molar-refractivity contribution in [3.8, 4) is 0 Å². The lowest BCUT2D eigenvalue weighted by Crippen LogP contribution is -2.48. The Balaban J connectivity index is 1.40. The van der Waals surface area contributed by atoms with Crippen molar-refractivity contribution in [1.82, 2.24) is 15.1 Å². The Morgan fingerprint density at radius 1 is 1.18 bits per heavy atom. The lowest BCUT2D eigenvalue weighted by atomic mass is 10.2. The summed E-state index contributed by atoms with van der Waals surface area (Å²) in [6.45, 7) is 5.90. The van der Waals surface area contributed by atoms with Crippen molar-refractivity contribution in [3.05, 3.63) is 30.3 Å². The normalized spacial score (nSPS) is 14.7. The van der Waals surface area contributed by atoms with Gasteiger partial charge < -0.3 is 9.64 Å². The van der Waals surface area contributed by atoms with E-state index in [2.05, 4.69) is 37.4 Å². The number of hydrogen-bond acceptors (Lipinski definition) is 9. The van der Waals surface area contributed by atoms with Crippen molar-refractivity contribution in [2.45, 2.75) is 11.3 Å². The van der Waals surface area contributed by atoms with E-state index in [0.717, 1.165) is 26.2 Å². The summed E-state index contributed by atoms with van der Waals surface area (Å²) in [5.74, 6) is -0.212. The molecule has 3 rings (SSSR count). The maximum Gasteiger partial charge on any atom is 0.316 e. The standard InChI is InChI=1S/C18H23N5O3S2/c1-2-26-16(25)13-27-18-21-20-17(28-18)19-15(24)12-22-8-10-23(11-9-22)14-6-4-3-5-7-14/h3-7H,2,8-13H2,1H3,(H,19,20,24). The fraction of sp³-hybridized carbons (Fsp3) is 0.444. The predicted octanol–water partition coefficient (Wildman–Crippen LogP) is 1.95. The first-order chi connectivity index (χ1) is 13.6. The number of thioether (sulfide) groups is 1. The Kier molecular flexibility index (Phi) is 7.63. The van der Waals surface area contributed by atoms with Crippen LogP contribution in [-0.4, -0.2) is 72.1 Å². The fourth-order valence-electron chi connectivity index (χ4n) is 2.81. The maximum absolute atomic E-state index is 12.3. The van der Waals surface area contributed by atoms with Crippen LogP contribution in [0.4, 0.5) is 10.8 Å². The summed E-state index contributed by atoms with van der Waals surface area (Å²) in [6, 6.07) is 10.3. The molecular formula is C18H23N5O3S2. The van der Waals surface area contributed by atoms with Crippen LogP contribution in [0.25, 0.3) is 0 Å². The summed E-state index contributed by atoms with van der Waals surface area (Å²) in [5.41, 5.74) is 1.22. The van der Waals surface area contributed by atoms with Crippen molar-refractivity contribution >= 4 is 45.8 Å². The number of rotatable bonds is 8. The van der Waals surface area contributed by atoms with E-state index in [4.69, 9.17) is 4.74 Å². The number of nitrogens with zero attached hydrogens (tertiary/aromatic N) is 4. The van der Waals surface area contributed by atoms with Gasteiger partial charge in [-0.15, -0.1) is 10.2 Å². The summed E-state index contributed by atoms with van der Waals surface area (Å²) in [6.07, 6.45) is 0. The molecule has 1 aromatic heterocycles. The molecule has 0 atom stereocenters. The van der Waals surface area contributed by atoms with Gasteiger partial charge in [0.2, 0.25) is 11.0 Å². The molecule has 1 aromatic carbocycles. The average Bonchev–Trinajstić information content (AvgIpc) is 3.15. The number of anilines is 2. The number of hydrogen-bond donors (Lipinski definition) is 1.